The number of amides is 2. The van der Waals surface area contributed by atoms with Crippen molar-refractivity contribution in [2.45, 2.75) is 44.2 Å². The molecule has 3 rings (SSSR count). The second-order valence-electron chi connectivity index (χ2n) is 7.03. The van der Waals surface area contributed by atoms with E-state index < -0.39 is 17.8 Å². The Bertz CT molecular complexity index is 862. The molecule has 1 aliphatic carbocycles. The van der Waals surface area contributed by atoms with E-state index in [1.807, 2.05) is 0 Å². The lowest BCUT2D eigenvalue weighted by Crippen LogP contribution is -2.48. The molecular formula is C21H22BrClFN3O2. The first-order valence-corrected chi connectivity index (χ1v) is 10.9. The number of hydrogen-bond acceptors (Lipinski definition) is 3. The van der Waals surface area contributed by atoms with Crippen LogP contribution in [0.25, 0.3) is 0 Å². The number of alkyl halides is 1. The van der Waals surface area contributed by atoms with Crippen molar-refractivity contribution in [3.05, 3.63) is 58.6 Å². The predicted octanol–water partition coefficient (Wildman–Crippen LogP) is 4.75. The molecule has 1 heterocycles. The van der Waals surface area contributed by atoms with E-state index in [2.05, 4.69) is 26.2 Å². The summed E-state index contributed by atoms with van der Waals surface area (Å²) in [6.07, 6.45) is 8.12. The maximum atomic E-state index is 14.8. The molecule has 1 aliphatic rings. The van der Waals surface area contributed by atoms with Crippen LogP contribution >= 0.6 is 27.5 Å². The van der Waals surface area contributed by atoms with Gasteiger partial charge in [0.05, 0.1) is 5.69 Å². The Morgan fingerprint density at radius 2 is 2.03 bits per heavy atom. The van der Waals surface area contributed by atoms with Crippen molar-refractivity contribution in [1.29, 1.82) is 0 Å². The van der Waals surface area contributed by atoms with Crippen LogP contribution in [0.2, 0.25) is 0 Å². The third-order valence-corrected chi connectivity index (χ3v) is 5.73. The number of halogens is 3. The molecule has 0 saturated heterocycles. The Labute approximate surface area is 182 Å². The standard InChI is InChI=1S/C21H22BrClFN3O2/c22-15-8-9-18(17(24)11-15)27(19(28)12-23)20(14-5-4-10-25-13-14)21(29)26-16-6-2-1-3-7-16/h4-5,8-11,13,16,20H,1-3,6-7,12H2,(H,26,29)/t20-/m1/s1. The molecule has 1 N–H and O–H groups in total. The molecule has 0 unspecified atom stereocenters. The van der Waals surface area contributed by atoms with Crippen molar-refractivity contribution in [1.82, 2.24) is 10.3 Å². The molecule has 5 nitrogen and oxygen atoms in total. The van der Waals surface area contributed by atoms with Gasteiger partial charge in [0.25, 0.3) is 0 Å². The largest absolute Gasteiger partial charge is 0.351 e. The molecule has 29 heavy (non-hydrogen) atoms. The minimum atomic E-state index is -1.08. The highest BCUT2D eigenvalue weighted by Gasteiger charge is 2.35. The van der Waals surface area contributed by atoms with E-state index in [1.54, 1.807) is 24.4 Å². The quantitative estimate of drug-likeness (QED) is 0.605. The second kappa shape index (κ2) is 10.2. The summed E-state index contributed by atoms with van der Waals surface area (Å²) in [5, 5.41) is 3.04. The zero-order valence-electron chi connectivity index (χ0n) is 15.8. The molecule has 1 atom stereocenters. The number of hydrogen-bond donors (Lipinski definition) is 1. The summed E-state index contributed by atoms with van der Waals surface area (Å²) >= 11 is 9.06. The van der Waals surface area contributed by atoms with Gasteiger partial charge in [-0.2, -0.15) is 0 Å². The molecule has 1 aromatic heterocycles. The number of pyridine rings is 1. The summed E-state index contributed by atoms with van der Waals surface area (Å²) in [6.45, 7) is 0. The van der Waals surface area contributed by atoms with Gasteiger partial charge in [-0.05, 0) is 37.1 Å². The molecule has 0 bridgehead atoms. The monoisotopic (exact) mass is 481 g/mol. The number of benzene rings is 1. The van der Waals surface area contributed by atoms with Gasteiger partial charge in [-0.3, -0.25) is 19.5 Å². The van der Waals surface area contributed by atoms with Crippen LogP contribution in [0.5, 0.6) is 0 Å². The second-order valence-corrected chi connectivity index (χ2v) is 8.21. The Morgan fingerprint density at radius 3 is 2.66 bits per heavy atom. The van der Waals surface area contributed by atoms with E-state index >= 15 is 0 Å². The molecule has 154 valence electrons. The summed E-state index contributed by atoms with van der Waals surface area (Å²) in [5.41, 5.74) is 0.480. The number of nitrogens with zero attached hydrogens (tertiary/aromatic N) is 2. The van der Waals surface area contributed by atoms with Crippen LogP contribution in [-0.2, 0) is 9.59 Å². The molecule has 1 aromatic carbocycles. The molecular weight excluding hydrogens is 461 g/mol. The number of carbonyl (C=O) groups is 2. The molecule has 2 amide bonds. The van der Waals surface area contributed by atoms with E-state index in [1.165, 1.54) is 18.3 Å². The van der Waals surface area contributed by atoms with Crippen molar-refractivity contribution in [2.75, 3.05) is 10.8 Å². The maximum Gasteiger partial charge on any atom is 0.248 e. The summed E-state index contributed by atoms with van der Waals surface area (Å²) in [6, 6.07) is 6.67. The first-order valence-electron chi connectivity index (χ1n) is 9.54. The topological polar surface area (TPSA) is 62.3 Å². The predicted molar refractivity (Wildman–Crippen MR) is 114 cm³/mol. The van der Waals surface area contributed by atoms with Gasteiger partial charge >= 0.3 is 0 Å². The lowest BCUT2D eigenvalue weighted by atomic mass is 9.94. The highest BCUT2D eigenvalue weighted by atomic mass is 79.9. The van der Waals surface area contributed by atoms with E-state index in [4.69, 9.17) is 11.6 Å². The van der Waals surface area contributed by atoms with Crippen molar-refractivity contribution < 1.29 is 14.0 Å². The Morgan fingerprint density at radius 1 is 1.28 bits per heavy atom. The van der Waals surface area contributed by atoms with Gasteiger partial charge in [-0.15, -0.1) is 11.6 Å². The normalized spacial score (nSPS) is 15.6. The van der Waals surface area contributed by atoms with E-state index in [9.17, 15) is 14.0 Å². The van der Waals surface area contributed by atoms with Gasteiger partial charge in [-0.1, -0.05) is 41.3 Å². The van der Waals surface area contributed by atoms with E-state index in [0.29, 0.717) is 10.0 Å². The van der Waals surface area contributed by atoms with Crippen LogP contribution in [0.15, 0.2) is 47.2 Å². The van der Waals surface area contributed by atoms with Crippen molar-refractivity contribution in [2.24, 2.45) is 0 Å². The first-order chi connectivity index (χ1) is 14.0. The lowest BCUT2D eigenvalue weighted by molar-refractivity contribution is -0.126. The molecule has 0 aliphatic heterocycles. The highest BCUT2D eigenvalue weighted by Crippen LogP contribution is 2.32. The summed E-state index contributed by atoms with van der Waals surface area (Å²) in [7, 11) is 0. The van der Waals surface area contributed by atoms with Gasteiger partial charge in [0.1, 0.15) is 17.7 Å². The lowest BCUT2D eigenvalue weighted by Gasteiger charge is -2.33. The van der Waals surface area contributed by atoms with E-state index in [0.717, 1.165) is 37.0 Å². The van der Waals surface area contributed by atoms with Gasteiger partial charge < -0.3 is 5.32 Å². The third kappa shape index (κ3) is 5.34. The van der Waals surface area contributed by atoms with Crippen LogP contribution in [-0.4, -0.2) is 28.7 Å². The summed E-state index contributed by atoms with van der Waals surface area (Å²) in [4.78, 5) is 31.3. The SMILES string of the molecule is O=C(NC1CCCCC1)[C@@H](c1cccnc1)N(C(=O)CCl)c1ccc(Br)cc1F. The molecule has 1 fully saturated rings. The molecule has 0 spiro atoms. The summed E-state index contributed by atoms with van der Waals surface area (Å²) < 4.78 is 15.3. The molecule has 8 heteroatoms. The third-order valence-electron chi connectivity index (χ3n) is 5.01. The fourth-order valence-corrected chi connectivity index (χ4v) is 4.10. The van der Waals surface area contributed by atoms with Gasteiger partial charge in [0, 0.05) is 28.5 Å². The number of nitrogens with one attached hydrogen (secondary N) is 1. The average Bonchev–Trinajstić information content (AvgIpc) is 2.73. The fraction of sp³-hybridized carbons (Fsp3) is 0.381. The number of anilines is 1. The Hall–Kier alpha value is -1.99. The molecule has 1 saturated carbocycles. The van der Waals surface area contributed by atoms with E-state index in [-0.39, 0.29) is 23.5 Å². The fourth-order valence-electron chi connectivity index (χ4n) is 3.64. The zero-order chi connectivity index (χ0) is 20.8. The highest BCUT2D eigenvalue weighted by molar-refractivity contribution is 9.10. The van der Waals surface area contributed by atoms with Crippen molar-refractivity contribution >= 4 is 45.0 Å². The van der Waals surface area contributed by atoms with Crippen LogP contribution in [0.1, 0.15) is 43.7 Å². The first kappa shape index (κ1) is 21.7. The van der Waals surface area contributed by atoms with Gasteiger partial charge in [-0.25, -0.2) is 4.39 Å². The van der Waals surface area contributed by atoms with Crippen LogP contribution in [0.3, 0.4) is 0 Å². The minimum Gasteiger partial charge on any atom is -0.351 e. The molecule has 0 radical (unpaired) electrons. The zero-order valence-corrected chi connectivity index (χ0v) is 18.1. The minimum absolute atomic E-state index is 0.00787. The summed E-state index contributed by atoms with van der Waals surface area (Å²) in [5.74, 6) is -1.95. The Kier molecular flexibility index (Phi) is 7.61. The number of aromatic nitrogens is 1. The molecule has 2 aromatic rings. The number of carbonyl (C=O) groups excluding carboxylic acids is 2. The number of rotatable bonds is 6. The van der Waals surface area contributed by atoms with Crippen molar-refractivity contribution in [3.8, 4) is 0 Å². The van der Waals surface area contributed by atoms with Crippen LogP contribution < -0.4 is 10.2 Å². The van der Waals surface area contributed by atoms with Gasteiger partial charge in [0.15, 0.2) is 0 Å². The van der Waals surface area contributed by atoms with Gasteiger partial charge in [0.2, 0.25) is 11.8 Å². The van der Waals surface area contributed by atoms with Crippen LogP contribution in [0, 0.1) is 5.82 Å². The maximum absolute atomic E-state index is 14.8. The average molecular weight is 483 g/mol. The smallest absolute Gasteiger partial charge is 0.248 e. The van der Waals surface area contributed by atoms with Crippen LogP contribution in [0.4, 0.5) is 10.1 Å². The van der Waals surface area contributed by atoms with Crippen molar-refractivity contribution in [3.63, 3.8) is 0 Å². The Balaban J connectivity index is 2.03.